The van der Waals surface area contributed by atoms with Gasteiger partial charge in [-0.2, -0.15) is 35.4 Å². The van der Waals surface area contributed by atoms with Gasteiger partial charge in [-0.15, -0.1) is 36.0 Å². The number of aromatic nitrogens is 3. The third kappa shape index (κ3) is 7.69. The molecule has 1 aliphatic rings. The van der Waals surface area contributed by atoms with Crippen LogP contribution in [0.3, 0.4) is 0 Å². The summed E-state index contributed by atoms with van der Waals surface area (Å²) in [6.07, 6.45) is 5.92. The van der Waals surface area contributed by atoms with E-state index in [9.17, 15) is 0 Å². The Hall–Kier alpha value is -5.65. The van der Waals surface area contributed by atoms with E-state index in [1.54, 1.807) is 0 Å². The molecule has 0 saturated carbocycles. The van der Waals surface area contributed by atoms with Crippen LogP contribution in [0, 0.1) is 18.8 Å². The van der Waals surface area contributed by atoms with Gasteiger partial charge >= 0.3 is 0 Å². The van der Waals surface area contributed by atoms with Gasteiger partial charge in [0.1, 0.15) is 0 Å². The standard InChI is InChI=1S/C46H39BN5O.Pt/c1-46(2,3)36-26-27-48-42(30-36)47(37-20-14-24-40(31-37)53-41-25-15-23-39(32-41)51-29-28-50(4)33-51)43-44(34-16-8-5-9-17-34)49-52(38-21-12-7-13-22-38)45(43)35-18-10-6-11-19-35;/h5-30,33H,1-4H3;/q-3;. The van der Waals surface area contributed by atoms with Crippen molar-refractivity contribution < 1.29 is 25.8 Å². The van der Waals surface area contributed by atoms with Gasteiger partial charge in [0.25, 0.3) is 0 Å². The molecule has 8 rings (SSSR count). The van der Waals surface area contributed by atoms with Crippen molar-refractivity contribution in [2.24, 2.45) is 0 Å². The third-order valence-corrected chi connectivity index (χ3v) is 9.37. The van der Waals surface area contributed by atoms with Crippen LogP contribution in [-0.2, 0) is 26.5 Å². The van der Waals surface area contributed by atoms with Crippen LogP contribution < -0.4 is 26.2 Å². The fraction of sp³-hybridized carbons (Fsp3) is 0.109. The van der Waals surface area contributed by atoms with Crippen molar-refractivity contribution in [3.05, 3.63) is 182 Å². The normalized spacial score (nSPS) is 12.4. The number of pyridine rings is 1. The summed E-state index contributed by atoms with van der Waals surface area (Å²) in [7, 11) is 2.00. The molecule has 0 unspecified atom stereocenters. The molecule has 0 amide bonds. The second-order valence-corrected chi connectivity index (χ2v) is 14.2. The van der Waals surface area contributed by atoms with Crippen LogP contribution >= 0.6 is 0 Å². The first-order valence-corrected chi connectivity index (χ1v) is 17.8. The Bertz CT molecular complexity index is 2370. The Morgan fingerprint density at radius 1 is 0.704 bits per heavy atom. The molecule has 0 spiro atoms. The predicted molar refractivity (Wildman–Crippen MR) is 216 cm³/mol. The molecule has 1 aliphatic heterocycles. The van der Waals surface area contributed by atoms with Crippen molar-refractivity contribution in [3.8, 4) is 39.7 Å². The SMILES string of the molecule is CN1C=CN(c2[c-]c(Oc3[c-]c(B(c4cc(C(C)(C)C)ccn4)c4c(-c5ccccc5)nn(-c5ccccc5)c4-c4ccccc4)ccc3)ccc2)[CH-]1.[Pt]. The molecule has 54 heavy (non-hydrogen) atoms. The van der Waals surface area contributed by atoms with Crippen molar-refractivity contribution in [2.75, 3.05) is 11.9 Å². The van der Waals surface area contributed by atoms with Crippen molar-refractivity contribution in [3.63, 3.8) is 0 Å². The smallest absolute Gasteiger partial charge is 0.246 e. The van der Waals surface area contributed by atoms with Crippen molar-refractivity contribution in [1.82, 2.24) is 19.7 Å². The maximum Gasteiger partial charge on any atom is 0.246 e. The largest absolute Gasteiger partial charge is 0.510 e. The minimum Gasteiger partial charge on any atom is -0.510 e. The molecular formula is C46H39BN5OPt-3. The number of ether oxygens (including phenoxy) is 1. The summed E-state index contributed by atoms with van der Waals surface area (Å²) in [5, 5.41) is 5.44. The molecule has 8 heteroatoms. The van der Waals surface area contributed by atoms with E-state index >= 15 is 0 Å². The maximum absolute atomic E-state index is 6.52. The van der Waals surface area contributed by atoms with E-state index in [1.165, 1.54) is 5.56 Å². The van der Waals surface area contributed by atoms with Gasteiger partial charge in [-0.25, -0.2) is 4.68 Å². The van der Waals surface area contributed by atoms with Crippen molar-refractivity contribution >= 4 is 28.9 Å². The van der Waals surface area contributed by atoms with Gasteiger partial charge in [0.15, 0.2) is 0 Å². The zero-order chi connectivity index (χ0) is 36.4. The van der Waals surface area contributed by atoms with E-state index in [-0.39, 0.29) is 33.2 Å². The summed E-state index contributed by atoms with van der Waals surface area (Å²) < 4.78 is 8.60. The predicted octanol–water partition coefficient (Wildman–Crippen LogP) is 8.15. The molecule has 0 atom stereocenters. The molecule has 0 radical (unpaired) electrons. The Balaban J connectivity index is 0.00000450. The van der Waals surface area contributed by atoms with Gasteiger partial charge in [-0.05, 0) is 65.7 Å². The van der Waals surface area contributed by atoms with E-state index in [0.29, 0.717) is 11.5 Å². The quantitative estimate of drug-likeness (QED) is 0.108. The fourth-order valence-corrected chi connectivity index (χ4v) is 6.73. The molecule has 5 aromatic carbocycles. The second-order valence-electron chi connectivity index (χ2n) is 14.2. The van der Waals surface area contributed by atoms with E-state index in [4.69, 9.17) is 14.8 Å². The number of rotatable bonds is 9. The molecule has 0 N–H and O–H groups in total. The molecule has 6 nitrogen and oxygen atoms in total. The van der Waals surface area contributed by atoms with E-state index in [1.807, 2.05) is 90.6 Å². The zero-order valence-corrected chi connectivity index (χ0v) is 32.9. The molecule has 270 valence electrons. The summed E-state index contributed by atoms with van der Waals surface area (Å²) in [6, 6.07) is 54.7. The first-order valence-electron chi connectivity index (χ1n) is 17.8. The number of nitrogens with zero attached hydrogens (tertiary/aromatic N) is 5. The molecule has 0 bridgehead atoms. The van der Waals surface area contributed by atoms with Gasteiger partial charge in [-0.1, -0.05) is 99.6 Å². The number of benzene rings is 5. The minimum absolute atomic E-state index is 0. The average Bonchev–Trinajstić information content (AvgIpc) is 3.80. The zero-order valence-electron chi connectivity index (χ0n) is 30.6. The molecular weight excluding hydrogens is 844 g/mol. The number of hydrogen-bond acceptors (Lipinski definition) is 5. The van der Waals surface area contributed by atoms with Gasteiger partial charge in [0, 0.05) is 49.9 Å². The van der Waals surface area contributed by atoms with Gasteiger partial charge in [0.05, 0.1) is 17.1 Å². The average molecular weight is 884 g/mol. The molecule has 2 aromatic heterocycles. The summed E-state index contributed by atoms with van der Waals surface area (Å²) in [5.41, 5.74) is 9.75. The monoisotopic (exact) mass is 883 g/mol. The molecule has 7 aromatic rings. The second kappa shape index (κ2) is 15.8. The Morgan fingerprint density at radius 3 is 2.02 bits per heavy atom. The maximum atomic E-state index is 6.52. The Labute approximate surface area is 333 Å². The Morgan fingerprint density at radius 2 is 1.35 bits per heavy atom. The fourth-order valence-electron chi connectivity index (χ4n) is 6.73. The van der Waals surface area contributed by atoms with Crippen LogP contribution in [0.25, 0.3) is 28.2 Å². The van der Waals surface area contributed by atoms with Crippen LogP contribution in [0.4, 0.5) is 5.69 Å². The minimum atomic E-state index is -0.362. The molecule has 0 saturated heterocycles. The van der Waals surface area contributed by atoms with Crippen molar-refractivity contribution in [1.29, 1.82) is 0 Å². The summed E-state index contributed by atoms with van der Waals surface area (Å²) in [5.74, 6) is 1.19. The first-order chi connectivity index (χ1) is 25.8. The van der Waals surface area contributed by atoms with Crippen molar-refractivity contribution in [2.45, 2.75) is 26.2 Å². The summed E-state index contributed by atoms with van der Waals surface area (Å²) in [4.78, 5) is 9.12. The van der Waals surface area contributed by atoms with Crippen LogP contribution in [0.15, 0.2) is 158 Å². The number of anilines is 1. The molecule has 3 heterocycles. The van der Waals surface area contributed by atoms with E-state index in [2.05, 4.69) is 129 Å². The van der Waals surface area contributed by atoms with E-state index < -0.39 is 0 Å². The molecule has 0 fully saturated rings. The van der Waals surface area contributed by atoms with Gasteiger partial charge in [-0.3, -0.25) is 4.98 Å². The van der Waals surface area contributed by atoms with Crippen LogP contribution in [-0.4, -0.2) is 33.4 Å². The Kier molecular flexibility index (Phi) is 10.7. The van der Waals surface area contributed by atoms with E-state index in [0.717, 1.165) is 50.4 Å². The number of para-hydroxylation sites is 1. The summed E-state index contributed by atoms with van der Waals surface area (Å²) in [6.45, 7) is 8.34. The van der Waals surface area contributed by atoms with Crippen LogP contribution in [0.5, 0.6) is 11.5 Å². The van der Waals surface area contributed by atoms with Gasteiger partial charge < -0.3 is 14.5 Å². The first kappa shape index (κ1) is 36.7. The van der Waals surface area contributed by atoms with Crippen LogP contribution in [0.1, 0.15) is 26.3 Å². The van der Waals surface area contributed by atoms with Gasteiger partial charge in [0.2, 0.25) is 6.71 Å². The topological polar surface area (TPSA) is 46.4 Å². The third-order valence-electron chi connectivity index (χ3n) is 9.37. The molecule has 0 aliphatic carbocycles. The number of hydrogen-bond donors (Lipinski definition) is 0. The summed E-state index contributed by atoms with van der Waals surface area (Å²) >= 11 is 0. The van der Waals surface area contributed by atoms with Crippen LogP contribution in [0.2, 0.25) is 0 Å².